The van der Waals surface area contributed by atoms with E-state index in [0.717, 1.165) is 18.1 Å². The van der Waals surface area contributed by atoms with Gasteiger partial charge in [-0.25, -0.2) is 0 Å². The third kappa shape index (κ3) is 7.55. The number of carbonyl (C=O) groups is 2. The third-order valence-electron chi connectivity index (χ3n) is 4.97. The average Bonchev–Trinajstić information content (AvgIpc) is 3.15. The molecule has 0 aliphatic heterocycles. The fraction of sp³-hybridized carbons (Fsp3) is 0.600. The zero-order valence-electron chi connectivity index (χ0n) is 15.7. The highest BCUT2D eigenvalue weighted by Gasteiger charge is 2.22. The van der Waals surface area contributed by atoms with E-state index in [2.05, 4.69) is 10.6 Å². The van der Waals surface area contributed by atoms with Gasteiger partial charge < -0.3 is 10.6 Å². The van der Waals surface area contributed by atoms with E-state index in [1.165, 1.54) is 38.2 Å². The number of thioether (sulfide) groups is 1. The lowest BCUT2D eigenvalue weighted by Crippen LogP contribution is -2.47. The van der Waals surface area contributed by atoms with Crippen molar-refractivity contribution in [3.05, 3.63) is 33.8 Å². The summed E-state index contributed by atoms with van der Waals surface area (Å²) in [4.78, 5) is 25.1. The fourth-order valence-electron chi connectivity index (χ4n) is 3.44. The fourth-order valence-corrected chi connectivity index (χ4v) is 4.40. The molecule has 2 N–H and O–H groups in total. The second-order valence-corrected chi connectivity index (χ2v) is 8.84. The molecule has 27 heavy (non-hydrogen) atoms. The Morgan fingerprint density at radius 2 is 2.00 bits per heavy atom. The molecule has 1 saturated carbocycles. The second kappa shape index (κ2) is 11.8. The molecule has 0 heterocycles. The van der Waals surface area contributed by atoms with Crippen LogP contribution in [0.1, 0.15) is 55.3 Å². The van der Waals surface area contributed by atoms with E-state index in [-0.39, 0.29) is 16.8 Å². The van der Waals surface area contributed by atoms with Gasteiger partial charge in [-0.15, -0.1) is 0 Å². The Morgan fingerprint density at radius 1 is 1.26 bits per heavy atom. The molecule has 0 radical (unpaired) electrons. The number of hydrogen-bond donors (Lipinski definition) is 2. The van der Waals surface area contributed by atoms with Crippen molar-refractivity contribution < 1.29 is 9.59 Å². The molecule has 0 aromatic heterocycles. The summed E-state index contributed by atoms with van der Waals surface area (Å²) in [7, 11) is 0. The number of hydrogen-bond acceptors (Lipinski definition) is 3. The predicted molar refractivity (Wildman–Crippen MR) is 115 cm³/mol. The summed E-state index contributed by atoms with van der Waals surface area (Å²) in [6, 6.07) is 4.15. The standard InChI is InChI=1S/C20H28Cl2N2O2S/c1-27-12-10-18(20(26)23-11-4-7-14-5-2-3-6-14)24-19(25)16-9-8-15(21)13-17(16)22/h8-9,13-14,18H,2-7,10-12H2,1H3,(H,23,26)(H,24,25). The first-order valence-electron chi connectivity index (χ1n) is 9.54. The predicted octanol–water partition coefficient (Wildman–Crippen LogP) is 4.93. The third-order valence-corrected chi connectivity index (χ3v) is 6.16. The van der Waals surface area contributed by atoms with Crippen LogP contribution in [0.2, 0.25) is 10.0 Å². The normalized spacial score (nSPS) is 15.5. The Balaban J connectivity index is 1.86. The summed E-state index contributed by atoms with van der Waals surface area (Å²) in [6.07, 6.45) is 10.0. The summed E-state index contributed by atoms with van der Waals surface area (Å²) < 4.78 is 0. The van der Waals surface area contributed by atoms with Gasteiger partial charge in [0.2, 0.25) is 5.91 Å². The van der Waals surface area contributed by atoms with Crippen LogP contribution in [-0.2, 0) is 4.79 Å². The van der Waals surface area contributed by atoms with Gasteiger partial charge in [0.05, 0.1) is 10.6 Å². The monoisotopic (exact) mass is 430 g/mol. The SMILES string of the molecule is CSCCC(NC(=O)c1ccc(Cl)cc1Cl)C(=O)NCCCC1CCCC1. The van der Waals surface area contributed by atoms with Gasteiger partial charge in [0.1, 0.15) is 6.04 Å². The van der Waals surface area contributed by atoms with Crippen LogP contribution in [0, 0.1) is 5.92 Å². The van der Waals surface area contributed by atoms with Gasteiger partial charge >= 0.3 is 0 Å². The summed E-state index contributed by atoms with van der Waals surface area (Å²) in [5.74, 6) is 1.12. The Morgan fingerprint density at radius 3 is 2.67 bits per heavy atom. The number of carbonyl (C=O) groups excluding carboxylic acids is 2. The van der Waals surface area contributed by atoms with E-state index in [1.54, 1.807) is 23.9 Å². The van der Waals surface area contributed by atoms with Crippen molar-refractivity contribution in [1.82, 2.24) is 10.6 Å². The van der Waals surface area contributed by atoms with E-state index in [9.17, 15) is 9.59 Å². The van der Waals surface area contributed by atoms with Gasteiger partial charge in [-0.2, -0.15) is 11.8 Å². The molecule has 1 unspecified atom stereocenters. The lowest BCUT2D eigenvalue weighted by Gasteiger charge is -2.19. The van der Waals surface area contributed by atoms with Crippen LogP contribution in [0.25, 0.3) is 0 Å². The first kappa shape index (κ1) is 22.4. The molecule has 0 spiro atoms. The molecule has 1 aromatic carbocycles. The van der Waals surface area contributed by atoms with Gasteiger partial charge in [-0.1, -0.05) is 48.9 Å². The minimum atomic E-state index is -0.567. The van der Waals surface area contributed by atoms with Gasteiger partial charge in [0.25, 0.3) is 5.91 Å². The van der Waals surface area contributed by atoms with E-state index in [0.29, 0.717) is 23.6 Å². The number of nitrogens with one attached hydrogen (secondary N) is 2. The van der Waals surface area contributed by atoms with Crippen molar-refractivity contribution in [1.29, 1.82) is 0 Å². The molecule has 150 valence electrons. The van der Waals surface area contributed by atoms with Crippen molar-refractivity contribution in [3.63, 3.8) is 0 Å². The molecule has 0 bridgehead atoms. The van der Waals surface area contributed by atoms with Crippen LogP contribution < -0.4 is 10.6 Å². The molecule has 4 nitrogen and oxygen atoms in total. The molecule has 1 aliphatic rings. The summed E-state index contributed by atoms with van der Waals surface area (Å²) in [5, 5.41) is 6.54. The minimum absolute atomic E-state index is 0.131. The van der Waals surface area contributed by atoms with Crippen LogP contribution >= 0.6 is 35.0 Å². The Hall–Kier alpha value is -0.910. The Labute approximate surface area is 176 Å². The number of benzene rings is 1. The van der Waals surface area contributed by atoms with Crippen molar-refractivity contribution in [2.24, 2.45) is 5.92 Å². The molecule has 0 saturated heterocycles. The van der Waals surface area contributed by atoms with Crippen molar-refractivity contribution in [2.45, 2.75) is 51.0 Å². The van der Waals surface area contributed by atoms with E-state index < -0.39 is 6.04 Å². The van der Waals surface area contributed by atoms with Crippen LogP contribution in [0.5, 0.6) is 0 Å². The maximum atomic E-state index is 12.6. The lowest BCUT2D eigenvalue weighted by molar-refractivity contribution is -0.123. The quantitative estimate of drug-likeness (QED) is 0.517. The summed E-state index contributed by atoms with van der Waals surface area (Å²) in [5.41, 5.74) is 0.323. The van der Waals surface area contributed by atoms with Crippen LogP contribution in [0.4, 0.5) is 0 Å². The lowest BCUT2D eigenvalue weighted by atomic mass is 10.0. The molecule has 1 atom stereocenters. The number of rotatable bonds is 10. The maximum absolute atomic E-state index is 12.6. The smallest absolute Gasteiger partial charge is 0.253 e. The van der Waals surface area contributed by atoms with Crippen molar-refractivity contribution in [3.8, 4) is 0 Å². The first-order chi connectivity index (χ1) is 13.0. The molecule has 7 heteroatoms. The van der Waals surface area contributed by atoms with Gasteiger partial charge in [-0.05, 0) is 55.4 Å². The largest absolute Gasteiger partial charge is 0.354 e. The minimum Gasteiger partial charge on any atom is -0.354 e. The highest BCUT2D eigenvalue weighted by Crippen LogP contribution is 2.28. The van der Waals surface area contributed by atoms with Crippen molar-refractivity contribution in [2.75, 3.05) is 18.6 Å². The molecular weight excluding hydrogens is 403 g/mol. The van der Waals surface area contributed by atoms with Gasteiger partial charge in [0, 0.05) is 11.6 Å². The number of halogens is 2. The molecule has 2 amide bonds. The van der Waals surface area contributed by atoms with Crippen LogP contribution in [-0.4, -0.2) is 36.4 Å². The molecule has 1 aliphatic carbocycles. The summed E-state index contributed by atoms with van der Waals surface area (Å²) in [6.45, 7) is 0.655. The van der Waals surface area contributed by atoms with Crippen molar-refractivity contribution >= 4 is 46.8 Å². The van der Waals surface area contributed by atoms with Gasteiger partial charge in [-0.3, -0.25) is 9.59 Å². The number of amides is 2. The van der Waals surface area contributed by atoms with Gasteiger partial charge in [0.15, 0.2) is 0 Å². The Bertz CT molecular complexity index is 636. The average molecular weight is 431 g/mol. The van der Waals surface area contributed by atoms with E-state index >= 15 is 0 Å². The molecule has 1 aromatic rings. The molecule has 1 fully saturated rings. The van der Waals surface area contributed by atoms with Crippen LogP contribution in [0.15, 0.2) is 18.2 Å². The highest BCUT2D eigenvalue weighted by molar-refractivity contribution is 7.98. The maximum Gasteiger partial charge on any atom is 0.253 e. The molecular formula is C20H28Cl2N2O2S. The first-order valence-corrected chi connectivity index (χ1v) is 11.7. The Kier molecular flexibility index (Phi) is 9.80. The summed E-state index contributed by atoms with van der Waals surface area (Å²) >= 11 is 13.6. The van der Waals surface area contributed by atoms with E-state index in [1.807, 2.05) is 6.26 Å². The molecule has 2 rings (SSSR count). The zero-order chi connectivity index (χ0) is 19.6. The topological polar surface area (TPSA) is 58.2 Å². The van der Waals surface area contributed by atoms with Crippen LogP contribution in [0.3, 0.4) is 0 Å². The zero-order valence-corrected chi connectivity index (χ0v) is 18.1. The highest BCUT2D eigenvalue weighted by atomic mass is 35.5. The second-order valence-electron chi connectivity index (χ2n) is 7.02. The van der Waals surface area contributed by atoms with E-state index in [4.69, 9.17) is 23.2 Å².